The summed E-state index contributed by atoms with van der Waals surface area (Å²) in [4.78, 5) is 11.9. The number of nitrogens with one attached hydrogen (secondary N) is 1. The van der Waals surface area contributed by atoms with Gasteiger partial charge < -0.3 is 15.8 Å². The van der Waals surface area contributed by atoms with Crippen molar-refractivity contribution in [3.05, 3.63) is 0 Å². The molecule has 0 bridgehead atoms. The van der Waals surface area contributed by atoms with E-state index >= 15 is 0 Å². The molecule has 0 saturated heterocycles. The lowest BCUT2D eigenvalue weighted by Gasteiger charge is -2.39. The molecule has 0 radical (unpaired) electrons. The highest BCUT2D eigenvalue weighted by Gasteiger charge is 2.44. The van der Waals surface area contributed by atoms with Gasteiger partial charge >= 0.3 is 0 Å². The van der Waals surface area contributed by atoms with Crippen LogP contribution in [-0.2, 0) is 9.53 Å². The van der Waals surface area contributed by atoms with E-state index in [9.17, 15) is 4.79 Å². The van der Waals surface area contributed by atoms with Crippen LogP contribution in [0.1, 0.15) is 65.2 Å². The number of amides is 1. The molecule has 4 nitrogen and oxygen atoms in total. The van der Waals surface area contributed by atoms with Gasteiger partial charge in [0, 0.05) is 19.1 Å². The van der Waals surface area contributed by atoms with Gasteiger partial charge in [-0.15, -0.1) is 0 Å². The molecule has 0 spiro atoms. The topological polar surface area (TPSA) is 64.3 Å². The monoisotopic (exact) mass is 282 g/mol. The zero-order valence-corrected chi connectivity index (χ0v) is 13.0. The minimum Gasteiger partial charge on any atom is -0.378 e. The lowest BCUT2D eigenvalue weighted by atomic mass is 9.79. The van der Waals surface area contributed by atoms with Crippen molar-refractivity contribution in [3.63, 3.8) is 0 Å². The average Bonchev–Trinajstić information content (AvgIpc) is 3.18. The van der Waals surface area contributed by atoms with Crippen LogP contribution in [-0.4, -0.2) is 30.2 Å². The van der Waals surface area contributed by atoms with Crippen LogP contribution in [0.4, 0.5) is 0 Å². The van der Waals surface area contributed by atoms with Crippen molar-refractivity contribution in [2.24, 2.45) is 11.7 Å². The quantitative estimate of drug-likeness (QED) is 0.672. The first-order valence-corrected chi connectivity index (χ1v) is 8.21. The summed E-state index contributed by atoms with van der Waals surface area (Å²) in [6.45, 7) is 5.28. The molecule has 2 saturated carbocycles. The van der Waals surface area contributed by atoms with Crippen LogP contribution >= 0.6 is 0 Å². The van der Waals surface area contributed by atoms with Gasteiger partial charge in [-0.2, -0.15) is 0 Å². The van der Waals surface area contributed by atoms with Crippen LogP contribution in [0.15, 0.2) is 0 Å². The van der Waals surface area contributed by atoms with Crippen molar-refractivity contribution in [3.8, 4) is 0 Å². The van der Waals surface area contributed by atoms with Gasteiger partial charge in [0.2, 0.25) is 5.91 Å². The maximum absolute atomic E-state index is 11.9. The van der Waals surface area contributed by atoms with E-state index in [0.717, 1.165) is 44.6 Å². The average molecular weight is 282 g/mol. The first kappa shape index (κ1) is 15.8. The largest absolute Gasteiger partial charge is 0.378 e. The summed E-state index contributed by atoms with van der Waals surface area (Å²) in [5, 5.41) is 3.49. The summed E-state index contributed by atoms with van der Waals surface area (Å²) in [6.07, 6.45) is 8.55. The summed E-state index contributed by atoms with van der Waals surface area (Å²) in [6, 6.07) is 0.502. The fourth-order valence-corrected chi connectivity index (χ4v) is 3.15. The third kappa shape index (κ3) is 4.45. The Morgan fingerprint density at radius 2 is 2.15 bits per heavy atom. The van der Waals surface area contributed by atoms with E-state index in [2.05, 4.69) is 19.2 Å². The lowest BCUT2D eigenvalue weighted by molar-refractivity contribution is -0.128. The Morgan fingerprint density at radius 1 is 1.40 bits per heavy atom. The third-order valence-electron chi connectivity index (χ3n) is 4.51. The van der Waals surface area contributed by atoms with Crippen molar-refractivity contribution in [1.82, 2.24) is 5.32 Å². The number of carbonyl (C=O) groups is 1. The second-order valence-electron chi connectivity index (χ2n) is 6.99. The summed E-state index contributed by atoms with van der Waals surface area (Å²) in [5.74, 6) is 0.533. The number of ether oxygens (including phenoxy) is 1. The maximum atomic E-state index is 11.9. The highest BCUT2D eigenvalue weighted by molar-refractivity contribution is 5.85. The molecule has 0 heterocycles. The van der Waals surface area contributed by atoms with Crippen molar-refractivity contribution < 1.29 is 9.53 Å². The van der Waals surface area contributed by atoms with E-state index < -0.39 is 5.54 Å². The van der Waals surface area contributed by atoms with E-state index in [0.29, 0.717) is 6.04 Å². The van der Waals surface area contributed by atoms with Gasteiger partial charge in [-0.1, -0.05) is 13.8 Å². The van der Waals surface area contributed by atoms with E-state index in [1.165, 1.54) is 19.3 Å². The first-order valence-electron chi connectivity index (χ1n) is 8.21. The van der Waals surface area contributed by atoms with Crippen LogP contribution in [0.5, 0.6) is 0 Å². The molecule has 2 aliphatic carbocycles. The van der Waals surface area contributed by atoms with Crippen LogP contribution in [0.2, 0.25) is 0 Å². The molecule has 2 fully saturated rings. The number of carbonyl (C=O) groups excluding carboxylic acids is 1. The van der Waals surface area contributed by atoms with Crippen molar-refractivity contribution in [2.45, 2.75) is 82.9 Å². The van der Waals surface area contributed by atoms with E-state index in [1.54, 1.807) is 0 Å². The molecule has 0 aliphatic heterocycles. The fraction of sp³-hybridized carbons (Fsp3) is 0.938. The Balaban J connectivity index is 1.80. The summed E-state index contributed by atoms with van der Waals surface area (Å²) in [7, 11) is 0. The van der Waals surface area contributed by atoms with Gasteiger partial charge in [-0.05, 0) is 50.9 Å². The highest BCUT2D eigenvalue weighted by Crippen LogP contribution is 2.34. The number of hydrogen-bond donors (Lipinski definition) is 2. The SMILES string of the molecule is CC(C)CCCOC1CCCC(NC2CC2)(C(N)=O)C1. The van der Waals surface area contributed by atoms with Gasteiger partial charge in [0.15, 0.2) is 0 Å². The molecule has 2 unspecified atom stereocenters. The van der Waals surface area contributed by atoms with Crippen LogP contribution in [0.25, 0.3) is 0 Å². The predicted molar refractivity (Wildman–Crippen MR) is 80.4 cm³/mol. The molecular formula is C16H30N2O2. The number of primary amides is 1. The zero-order chi connectivity index (χ0) is 14.6. The molecule has 116 valence electrons. The molecule has 2 aliphatic rings. The van der Waals surface area contributed by atoms with E-state index in [-0.39, 0.29) is 12.0 Å². The van der Waals surface area contributed by atoms with Gasteiger partial charge in [-0.3, -0.25) is 4.79 Å². The minimum absolute atomic E-state index is 0.190. The Bertz CT molecular complexity index is 328. The van der Waals surface area contributed by atoms with Crippen molar-refractivity contribution in [2.75, 3.05) is 6.61 Å². The lowest BCUT2D eigenvalue weighted by Crippen LogP contribution is -2.59. The normalized spacial score (nSPS) is 30.6. The number of hydrogen-bond acceptors (Lipinski definition) is 3. The highest BCUT2D eigenvalue weighted by atomic mass is 16.5. The Hall–Kier alpha value is -0.610. The van der Waals surface area contributed by atoms with E-state index in [4.69, 9.17) is 10.5 Å². The standard InChI is InChI=1S/C16H30N2O2/c1-12(2)5-4-10-20-14-6-3-9-16(11-14,15(17)19)18-13-7-8-13/h12-14,18H,3-11H2,1-2H3,(H2,17,19). The molecule has 20 heavy (non-hydrogen) atoms. The van der Waals surface area contributed by atoms with Crippen LogP contribution < -0.4 is 11.1 Å². The summed E-state index contributed by atoms with van der Waals surface area (Å²) in [5.41, 5.74) is 5.17. The molecule has 2 atom stereocenters. The van der Waals surface area contributed by atoms with Gasteiger partial charge in [-0.25, -0.2) is 0 Å². The molecule has 0 aromatic rings. The van der Waals surface area contributed by atoms with Crippen LogP contribution in [0.3, 0.4) is 0 Å². The van der Waals surface area contributed by atoms with Gasteiger partial charge in [0.1, 0.15) is 5.54 Å². The minimum atomic E-state index is -0.512. The molecule has 1 amide bonds. The number of nitrogens with two attached hydrogens (primary N) is 1. The molecule has 4 heteroatoms. The van der Waals surface area contributed by atoms with Gasteiger partial charge in [0.05, 0.1) is 6.10 Å². The molecule has 0 aromatic carbocycles. The van der Waals surface area contributed by atoms with Crippen molar-refractivity contribution >= 4 is 5.91 Å². The third-order valence-corrected chi connectivity index (χ3v) is 4.51. The molecular weight excluding hydrogens is 252 g/mol. The van der Waals surface area contributed by atoms with Crippen molar-refractivity contribution in [1.29, 1.82) is 0 Å². The first-order chi connectivity index (χ1) is 9.52. The van der Waals surface area contributed by atoms with E-state index in [1.807, 2.05) is 0 Å². The molecule has 3 N–H and O–H groups in total. The zero-order valence-electron chi connectivity index (χ0n) is 13.0. The second kappa shape index (κ2) is 6.90. The van der Waals surface area contributed by atoms with Crippen LogP contribution in [0, 0.1) is 5.92 Å². The summed E-state index contributed by atoms with van der Waals surface area (Å²) < 4.78 is 5.99. The summed E-state index contributed by atoms with van der Waals surface area (Å²) >= 11 is 0. The number of rotatable bonds is 8. The Morgan fingerprint density at radius 3 is 2.75 bits per heavy atom. The molecule has 2 rings (SSSR count). The van der Waals surface area contributed by atoms with Gasteiger partial charge in [0.25, 0.3) is 0 Å². The Labute approximate surface area is 122 Å². The smallest absolute Gasteiger partial charge is 0.237 e. The fourth-order valence-electron chi connectivity index (χ4n) is 3.15. The second-order valence-corrected chi connectivity index (χ2v) is 6.99. The Kier molecular flexibility index (Phi) is 5.44. The predicted octanol–water partition coefficient (Wildman–Crippen LogP) is 2.36. The molecule has 0 aromatic heterocycles. The maximum Gasteiger partial charge on any atom is 0.237 e.